The molecular formula is C14H17ClN2O2. The van der Waals surface area contributed by atoms with Crippen LogP contribution >= 0.6 is 11.6 Å². The summed E-state index contributed by atoms with van der Waals surface area (Å²) >= 11 is 6.04. The van der Waals surface area contributed by atoms with Crippen molar-refractivity contribution in [1.29, 1.82) is 0 Å². The summed E-state index contributed by atoms with van der Waals surface area (Å²) in [6, 6.07) is 7.36. The van der Waals surface area contributed by atoms with Crippen molar-refractivity contribution in [3.63, 3.8) is 0 Å². The molecule has 2 aromatic rings. The quantitative estimate of drug-likeness (QED) is 0.937. The first-order valence-electron chi connectivity index (χ1n) is 6.11. The first-order valence-corrected chi connectivity index (χ1v) is 6.49. The largest absolute Gasteiger partial charge is 0.491 e. The molecule has 0 aliphatic heterocycles. The third kappa shape index (κ3) is 3.08. The summed E-state index contributed by atoms with van der Waals surface area (Å²) in [5, 5.41) is 14.9. The van der Waals surface area contributed by atoms with Crippen molar-refractivity contribution in [2.45, 2.75) is 26.1 Å². The lowest BCUT2D eigenvalue weighted by molar-refractivity contribution is 0.207. The van der Waals surface area contributed by atoms with Crippen molar-refractivity contribution in [3.05, 3.63) is 46.7 Å². The van der Waals surface area contributed by atoms with Gasteiger partial charge in [0.1, 0.15) is 11.9 Å². The molecule has 0 saturated carbocycles. The molecule has 102 valence electrons. The van der Waals surface area contributed by atoms with Crippen molar-refractivity contribution in [2.75, 3.05) is 0 Å². The van der Waals surface area contributed by atoms with Gasteiger partial charge in [-0.3, -0.25) is 4.68 Å². The van der Waals surface area contributed by atoms with Crippen molar-refractivity contribution >= 4 is 11.6 Å². The Balaban J connectivity index is 2.31. The number of ether oxygens (including phenoxy) is 1. The SMILES string of the molecule is CC(C)Oc1cccc(C(O)c2c(Cl)cnn2C)c1. The van der Waals surface area contributed by atoms with Crippen LogP contribution in [0.1, 0.15) is 31.2 Å². The van der Waals surface area contributed by atoms with Gasteiger partial charge < -0.3 is 9.84 Å². The molecule has 5 heteroatoms. The number of aryl methyl sites for hydroxylation is 1. The van der Waals surface area contributed by atoms with Gasteiger partial charge in [0.15, 0.2) is 0 Å². The van der Waals surface area contributed by atoms with Gasteiger partial charge in [0.05, 0.1) is 23.0 Å². The van der Waals surface area contributed by atoms with Crippen LogP contribution < -0.4 is 4.74 Å². The van der Waals surface area contributed by atoms with E-state index in [9.17, 15) is 5.11 Å². The summed E-state index contributed by atoms with van der Waals surface area (Å²) in [5.74, 6) is 0.727. The molecule has 0 radical (unpaired) electrons. The van der Waals surface area contributed by atoms with Crippen molar-refractivity contribution < 1.29 is 9.84 Å². The standard InChI is InChI=1S/C14H17ClN2O2/c1-9(2)19-11-6-4-5-10(7-11)14(18)13-12(15)8-16-17(13)3/h4-9,14,18H,1-3H3. The fraction of sp³-hybridized carbons (Fsp3) is 0.357. The van der Waals surface area contributed by atoms with Crippen molar-refractivity contribution in [3.8, 4) is 5.75 Å². The minimum absolute atomic E-state index is 0.0904. The minimum atomic E-state index is -0.823. The number of nitrogens with zero attached hydrogens (tertiary/aromatic N) is 2. The zero-order chi connectivity index (χ0) is 14.0. The molecule has 1 heterocycles. The second-order valence-corrected chi connectivity index (χ2v) is 5.05. The summed E-state index contributed by atoms with van der Waals surface area (Å²) in [6.45, 7) is 3.92. The van der Waals surface area contributed by atoms with E-state index in [-0.39, 0.29) is 6.10 Å². The van der Waals surface area contributed by atoms with E-state index in [4.69, 9.17) is 16.3 Å². The lowest BCUT2D eigenvalue weighted by Gasteiger charge is -2.15. The van der Waals surface area contributed by atoms with E-state index >= 15 is 0 Å². The molecular weight excluding hydrogens is 264 g/mol. The zero-order valence-electron chi connectivity index (χ0n) is 11.2. The lowest BCUT2D eigenvalue weighted by Crippen LogP contribution is -2.09. The molecule has 0 spiro atoms. The Bertz CT molecular complexity index is 547. The molecule has 4 nitrogen and oxygen atoms in total. The highest BCUT2D eigenvalue weighted by Crippen LogP contribution is 2.29. The van der Waals surface area contributed by atoms with Gasteiger partial charge >= 0.3 is 0 Å². The fourth-order valence-corrected chi connectivity index (χ4v) is 2.19. The maximum atomic E-state index is 10.4. The van der Waals surface area contributed by atoms with E-state index in [0.29, 0.717) is 10.7 Å². The van der Waals surface area contributed by atoms with Crippen LogP contribution in [0.15, 0.2) is 30.5 Å². The molecule has 1 N–H and O–H groups in total. The topological polar surface area (TPSA) is 47.3 Å². The number of halogens is 1. The Labute approximate surface area is 117 Å². The number of rotatable bonds is 4. The van der Waals surface area contributed by atoms with Crippen LogP contribution in [-0.2, 0) is 7.05 Å². The smallest absolute Gasteiger partial charge is 0.122 e. The van der Waals surface area contributed by atoms with Gasteiger partial charge in [-0.1, -0.05) is 23.7 Å². The van der Waals surface area contributed by atoms with Crippen LogP contribution in [-0.4, -0.2) is 21.0 Å². The minimum Gasteiger partial charge on any atom is -0.491 e. The highest BCUT2D eigenvalue weighted by molar-refractivity contribution is 6.31. The van der Waals surface area contributed by atoms with E-state index in [1.54, 1.807) is 11.7 Å². The van der Waals surface area contributed by atoms with Gasteiger partial charge in [0.2, 0.25) is 0 Å². The van der Waals surface area contributed by atoms with Crippen LogP contribution in [0.4, 0.5) is 0 Å². The molecule has 0 bridgehead atoms. The summed E-state index contributed by atoms with van der Waals surface area (Å²) in [5.41, 5.74) is 1.30. The number of aliphatic hydroxyl groups excluding tert-OH is 1. The molecule has 1 atom stereocenters. The summed E-state index contributed by atoms with van der Waals surface area (Å²) in [7, 11) is 1.75. The van der Waals surface area contributed by atoms with Crippen LogP contribution in [0.2, 0.25) is 5.02 Å². The van der Waals surface area contributed by atoms with E-state index in [1.165, 1.54) is 6.20 Å². The Morgan fingerprint density at radius 3 is 2.68 bits per heavy atom. The third-order valence-corrected chi connectivity index (χ3v) is 3.03. The maximum Gasteiger partial charge on any atom is 0.122 e. The molecule has 0 saturated heterocycles. The Kier molecular flexibility index (Phi) is 4.12. The first kappa shape index (κ1) is 13.9. The normalized spacial score (nSPS) is 12.7. The van der Waals surface area contributed by atoms with E-state index in [1.807, 2.05) is 38.1 Å². The van der Waals surface area contributed by atoms with Gasteiger partial charge in [-0.2, -0.15) is 5.10 Å². The van der Waals surface area contributed by atoms with Crippen molar-refractivity contribution in [2.24, 2.45) is 7.05 Å². The Hall–Kier alpha value is -1.52. The van der Waals surface area contributed by atoms with E-state index in [2.05, 4.69) is 5.10 Å². The van der Waals surface area contributed by atoms with Gasteiger partial charge in [-0.05, 0) is 31.5 Å². The second kappa shape index (κ2) is 5.63. The molecule has 1 aromatic carbocycles. The van der Waals surface area contributed by atoms with E-state index < -0.39 is 6.10 Å². The molecule has 0 aliphatic carbocycles. The van der Waals surface area contributed by atoms with Gasteiger partial charge in [-0.15, -0.1) is 0 Å². The molecule has 1 unspecified atom stereocenters. The van der Waals surface area contributed by atoms with Crippen LogP contribution in [0.25, 0.3) is 0 Å². The molecule has 0 fully saturated rings. The molecule has 2 rings (SSSR count). The van der Waals surface area contributed by atoms with Crippen LogP contribution in [0.5, 0.6) is 5.75 Å². The molecule has 1 aromatic heterocycles. The van der Waals surface area contributed by atoms with Gasteiger partial charge in [0.25, 0.3) is 0 Å². The summed E-state index contributed by atoms with van der Waals surface area (Å²) in [6.07, 6.45) is 0.789. The number of aromatic nitrogens is 2. The Morgan fingerprint density at radius 2 is 2.11 bits per heavy atom. The zero-order valence-corrected chi connectivity index (χ0v) is 11.9. The number of aliphatic hydroxyl groups is 1. The average molecular weight is 281 g/mol. The number of hydrogen-bond donors (Lipinski definition) is 1. The molecule has 19 heavy (non-hydrogen) atoms. The first-order chi connectivity index (χ1) is 8.99. The van der Waals surface area contributed by atoms with Gasteiger partial charge in [0, 0.05) is 7.05 Å². The lowest BCUT2D eigenvalue weighted by atomic mass is 10.1. The van der Waals surface area contributed by atoms with Gasteiger partial charge in [-0.25, -0.2) is 0 Å². The summed E-state index contributed by atoms with van der Waals surface area (Å²) in [4.78, 5) is 0. The maximum absolute atomic E-state index is 10.4. The number of hydrogen-bond acceptors (Lipinski definition) is 3. The second-order valence-electron chi connectivity index (χ2n) is 4.64. The third-order valence-electron chi connectivity index (χ3n) is 2.74. The fourth-order valence-electron chi connectivity index (χ4n) is 1.92. The van der Waals surface area contributed by atoms with Crippen LogP contribution in [0, 0.1) is 0 Å². The summed E-state index contributed by atoms with van der Waals surface area (Å²) < 4.78 is 7.19. The predicted molar refractivity (Wildman–Crippen MR) is 74.5 cm³/mol. The van der Waals surface area contributed by atoms with E-state index in [0.717, 1.165) is 11.3 Å². The highest BCUT2D eigenvalue weighted by Gasteiger charge is 2.18. The molecule has 0 amide bonds. The highest BCUT2D eigenvalue weighted by atomic mass is 35.5. The van der Waals surface area contributed by atoms with Crippen molar-refractivity contribution in [1.82, 2.24) is 9.78 Å². The van der Waals surface area contributed by atoms with Crippen LogP contribution in [0.3, 0.4) is 0 Å². The average Bonchev–Trinajstić information content (AvgIpc) is 2.68. The number of benzene rings is 1. The predicted octanol–water partition coefficient (Wildman–Crippen LogP) is 2.94. The Morgan fingerprint density at radius 1 is 1.37 bits per heavy atom. The molecule has 0 aliphatic rings. The monoisotopic (exact) mass is 280 g/mol.